The van der Waals surface area contributed by atoms with Crippen LogP contribution in [0.5, 0.6) is 11.5 Å². The topological polar surface area (TPSA) is 76.0 Å². The molecule has 0 aliphatic rings. The minimum atomic E-state index is 0.149. The smallest absolute Gasteiger partial charge is 0.177 e. The van der Waals surface area contributed by atoms with Gasteiger partial charge >= 0.3 is 0 Å². The highest BCUT2D eigenvalue weighted by Gasteiger charge is 2.17. The molecule has 132 valence electrons. The number of nitrogens with zero attached hydrogens (tertiary/aromatic N) is 3. The zero-order chi connectivity index (χ0) is 18.3. The molecule has 0 amide bonds. The molecular formula is C19H17ClN4O2. The number of halogens is 1. The van der Waals surface area contributed by atoms with Crippen molar-refractivity contribution < 1.29 is 9.84 Å². The minimum absolute atomic E-state index is 0.149. The van der Waals surface area contributed by atoms with Gasteiger partial charge in [0.2, 0.25) is 0 Å². The molecule has 0 fully saturated rings. The Hall–Kier alpha value is -2.99. The van der Waals surface area contributed by atoms with Crippen molar-refractivity contribution in [3.05, 3.63) is 58.7 Å². The van der Waals surface area contributed by atoms with Crippen LogP contribution in [-0.2, 0) is 6.54 Å². The summed E-state index contributed by atoms with van der Waals surface area (Å²) in [7, 11) is 1.59. The molecule has 7 heteroatoms. The maximum absolute atomic E-state index is 9.82. The van der Waals surface area contributed by atoms with E-state index in [4.69, 9.17) is 21.3 Å². The molecule has 0 saturated heterocycles. The first-order valence-electron chi connectivity index (χ1n) is 8.10. The third-order valence-corrected chi connectivity index (χ3v) is 4.65. The molecule has 0 aliphatic carbocycles. The van der Waals surface area contributed by atoms with E-state index < -0.39 is 0 Å². The molecule has 26 heavy (non-hydrogen) atoms. The SMILES string of the molecule is COc1ccc(O)cc1-c1nc2c([nH]1)c(C)nn2Cc1ccccc1Cl. The summed E-state index contributed by atoms with van der Waals surface area (Å²) in [5, 5.41) is 15.1. The number of hydrogen-bond acceptors (Lipinski definition) is 4. The first-order valence-corrected chi connectivity index (χ1v) is 8.48. The Kier molecular flexibility index (Phi) is 4.05. The first kappa shape index (κ1) is 16.5. The lowest BCUT2D eigenvalue weighted by molar-refractivity contribution is 0.413. The Balaban J connectivity index is 1.82. The van der Waals surface area contributed by atoms with Crippen LogP contribution in [0.1, 0.15) is 11.3 Å². The van der Waals surface area contributed by atoms with E-state index in [0.717, 1.165) is 22.4 Å². The molecule has 0 aliphatic heterocycles. The number of aromatic hydroxyl groups is 1. The van der Waals surface area contributed by atoms with Gasteiger partial charge in [-0.15, -0.1) is 0 Å². The molecule has 0 unspecified atom stereocenters. The Labute approximate surface area is 155 Å². The van der Waals surface area contributed by atoms with Crippen molar-refractivity contribution >= 4 is 22.8 Å². The average Bonchev–Trinajstić information content (AvgIpc) is 3.18. The average molecular weight is 369 g/mol. The van der Waals surface area contributed by atoms with E-state index in [0.29, 0.717) is 28.7 Å². The lowest BCUT2D eigenvalue weighted by Gasteiger charge is -2.07. The maximum atomic E-state index is 9.82. The van der Waals surface area contributed by atoms with E-state index in [2.05, 4.69) is 10.1 Å². The fourth-order valence-electron chi connectivity index (χ4n) is 2.99. The van der Waals surface area contributed by atoms with Crippen LogP contribution in [0, 0.1) is 6.92 Å². The van der Waals surface area contributed by atoms with Crippen LogP contribution in [0.25, 0.3) is 22.6 Å². The van der Waals surface area contributed by atoms with Gasteiger partial charge in [0, 0.05) is 5.02 Å². The predicted octanol–water partition coefficient (Wildman–Crippen LogP) is 4.15. The number of fused-ring (bicyclic) bond motifs is 1. The van der Waals surface area contributed by atoms with Crippen molar-refractivity contribution in [2.24, 2.45) is 0 Å². The van der Waals surface area contributed by atoms with Gasteiger partial charge in [0.1, 0.15) is 22.8 Å². The summed E-state index contributed by atoms with van der Waals surface area (Å²) in [4.78, 5) is 7.97. The number of H-pyrrole nitrogens is 1. The molecular weight excluding hydrogens is 352 g/mol. The molecule has 2 aromatic carbocycles. The van der Waals surface area contributed by atoms with Crippen molar-refractivity contribution in [3.8, 4) is 22.9 Å². The maximum Gasteiger partial charge on any atom is 0.177 e. The van der Waals surface area contributed by atoms with Crippen molar-refractivity contribution in [3.63, 3.8) is 0 Å². The Bertz CT molecular complexity index is 1100. The number of phenols is 1. The summed E-state index contributed by atoms with van der Waals surface area (Å²) < 4.78 is 7.21. The van der Waals surface area contributed by atoms with Crippen LogP contribution < -0.4 is 4.74 Å². The lowest BCUT2D eigenvalue weighted by Crippen LogP contribution is -2.03. The van der Waals surface area contributed by atoms with Gasteiger partial charge in [-0.25, -0.2) is 9.67 Å². The van der Waals surface area contributed by atoms with Gasteiger partial charge in [-0.3, -0.25) is 0 Å². The second kappa shape index (κ2) is 6.38. The lowest BCUT2D eigenvalue weighted by atomic mass is 10.2. The molecule has 4 aromatic rings. The van der Waals surface area contributed by atoms with E-state index >= 15 is 0 Å². The Morgan fingerprint density at radius 2 is 2.04 bits per heavy atom. The number of aromatic amines is 1. The molecule has 6 nitrogen and oxygen atoms in total. The van der Waals surface area contributed by atoms with E-state index in [9.17, 15) is 5.11 Å². The van der Waals surface area contributed by atoms with Crippen LogP contribution >= 0.6 is 11.6 Å². The summed E-state index contributed by atoms with van der Waals surface area (Å²) in [5.74, 6) is 1.39. The third-order valence-electron chi connectivity index (χ3n) is 4.28. The summed E-state index contributed by atoms with van der Waals surface area (Å²) in [5.41, 5.74) is 4.07. The molecule has 2 N–H and O–H groups in total. The van der Waals surface area contributed by atoms with Crippen LogP contribution in [-0.4, -0.2) is 32.0 Å². The molecule has 2 heterocycles. The van der Waals surface area contributed by atoms with Crippen LogP contribution in [0.15, 0.2) is 42.5 Å². The molecule has 0 bridgehead atoms. The minimum Gasteiger partial charge on any atom is -0.508 e. The fourth-order valence-corrected chi connectivity index (χ4v) is 3.18. The van der Waals surface area contributed by atoms with E-state index in [1.165, 1.54) is 0 Å². The van der Waals surface area contributed by atoms with Gasteiger partial charge < -0.3 is 14.8 Å². The molecule has 0 spiro atoms. The Morgan fingerprint density at radius 1 is 1.23 bits per heavy atom. The summed E-state index contributed by atoms with van der Waals surface area (Å²) in [6, 6.07) is 12.6. The van der Waals surface area contributed by atoms with Gasteiger partial charge in [0.05, 0.1) is 24.9 Å². The molecule has 0 atom stereocenters. The second-order valence-corrected chi connectivity index (χ2v) is 6.41. The summed E-state index contributed by atoms with van der Waals surface area (Å²) >= 11 is 6.28. The van der Waals surface area contributed by atoms with Crippen molar-refractivity contribution in [1.29, 1.82) is 0 Å². The van der Waals surface area contributed by atoms with Crippen molar-refractivity contribution in [2.75, 3.05) is 7.11 Å². The highest BCUT2D eigenvalue weighted by molar-refractivity contribution is 6.31. The van der Waals surface area contributed by atoms with Gasteiger partial charge in [-0.05, 0) is 36.8 Å². The number of phenolic OH excluding ortho intramolecular Hbond substituents is 1. The monoisotopic (exact) mass is 368 g/mol. The number of methoxy groups -OCH3 is 1. The number of aryl methyl sites for hydroxylation is 1. The number of imidazole rings is 1. The molecule has 2 aromatic heterocycles. The van der Waals surface area contributed by atoms with Crippen molar-refractivity contribution in [2.45, 2.75) is 13.5 Å². The standard InChI is InChI=1S/C19H17ClN4O2/c1-11-17-19(24(23-11)10-12-5-3-4-6-15(12)20)22-18(21-17)14-9-13(25)7-8-16(14)26-2/h3-9,25H,10H2,1-2H3,(H,21,22). The van der Waals surface area contributed by atoms with Gasteiger partial charge in [-0.2, -0.15) is 5.10 Å². The number of rotatable bonds is 4. The quantitative estimate of drug-likeness (QED) is 0.567. The van der Waals surface area contributed by atoms with E-state index in [-0.39, 0.29) is 5.75 Å². The largest absolute Gasteiger partial charge is 0.508 e. The van der Waals surface area contributed by atoms with E-state index in [1.807, 2.05) is 35.9 Å². The highest BCUT2D eigenvalue weighted by atomic mass is 35.5. The zero-order valence-electron chi connectivity index (χ0n) is 14.3. The van der Waals surface area contributed by atoms with Crippen LogP contribution in [0.2, 0.25) is 5.02 Å². The zero-order valence-corrected chi connectivity index (χ0v) is 15.1. The highest BCUT2D eigenvalue weighted by Crippen LogP contribution is 2.33. The van der Waals surface area contributed by atoms with Crippen LogP contribution in [0.4, 0.5) is 0 Å². The first-order chi connectivity index (χ1) is 12.6. The molecule has 4 rings (SSSR count). The Morgan fingerprint density at radius 3 is 2.81 bits per heavy atom. The summed E-state index contributed by atoms with van der Waals surface area (Å²) in [6.07, 6.45) is 0. The van der Waals surface area contributed by atoms with Gasteiger partial charge in [0.15, 0.2) is 5.65 Å². The number of aromatic nitrogens is 4. The van der Waals surface area contributed by atoms with Crippen molar-refractivity contribution in [1.82, 2.24) is 19.7 Å². The normalized spacial score (nSPS) is 11.2. The molecule has 0 radical (unpaired) electrons. The number of hydrogen-bond donors (Lipinski definition) is 2. The second-order valence-electron chi connectivity index (χ2n) is 6.00. The molecule has 0 saturated carbocycles. The number of benzene rings is 2. The number of ether oxygens (including phenoxy) is 1. The van der Waals surface area contributed by atoms with E-state index in [1.54, 1.807) is 25.3 Å². The van der Waals surface area contributed by atoms with Gasteiger partial charge in [-0.1, -0.05) is 29.8 Å². The van der Waals surface area contributed by atoms with Gasteiger partial charge in [0.25, 0.3) is 0 Å². The van der Waals surface area contributed by atoms with Crippen LogP contribution in [0.3, 0.4) is 0 Å². The number of nitrogens with one attached hydrogen (secondary N) is 1. The predicted molar refractivity (Wildman–Crippen MR) is 101 cm³/mol. The fraction of sp³-hybridized carbons (Fsp3) is 0.158. The summed E-state index contributed by atoms with van der Waals surface area (Å²) in [6.45, 7) is 2.44. The third kappa shape index (κ3) is 2.78.